The number of carbonyl (C=O) groups is 2. The fourth-order valence-electron chi connectivity index (χ4n) is 2.90. The molecule has 0 aliphatic heterocycles. The molecule has 0 saturated heterocycles. The van der Waals surface area contributed by atoms with E-state index in [2.05, 4.69) is 32.2 Å². The first-order chi connectivity index (χ1) is 10.8. The molecule has 0 unspecified atom stereocenters. The van der Waals surface area contributed by atoms with Crippen LogP contribution in [0.3, 0.4) is 0 Å². The van der Waals surface area contributed by atoms with E-state index in [1.165, 1.54) is 0 Å². The van der Waals surface area contributed by atoms with E-state index in [-0.39, 0.29) is 23.1 Å². The third-order valence-electron chi connectivity index (χ3n) is 4.49. The molecule has 0 bridgehead atoms. The minimum absolute atomic E-state index is 0.000377. The van der Waals surface area contributed by atoms with Gasteiger partial charge in [-0.3, -0.25) is 9.59 Å². The molecule has 1 aromatic rings. The van der Waals surface area contributed by atoms with Crippen LogP contribution in [0.2, 0.25) is 0 Å². The summed E-state index contributed by atoms with van der Waals surface area (Å²) in [6.45, 7) is 9.00. The van der Waals surface area contributed by atoms with Crippen LogP contribution in [0.1, 0.15) is 52.5 Å². The number of para-hydroxylation sites is 1. The monoisotopic (exact) mass is 316 g/mol. The van der Waals surface area contributed by atoms with Crippen molar-refractivity contribution in [2.45, 2.75) is 52.4 Å². The van der Waals surface area contributed by atoms with Crippen LogP contribution in [-0.4, -0.2) is 24.9 Å². The summed E-state index contributed by atoms with van der Waals surface area (Å²) in [5.41, 5.74) is 2.03. The molecule has 1 aliphatic carbocycles. The van der Waals surface area contributed by atoms with Gasteiger partial charge in [0.05, 0.1) is 0 Å². The van der Waals surface area contributed by atoms with Crippen molar-refractivity contribution in [3.05, 3.63) is 29.8 Å². The Bertz CT molecular complexity index is 571. The smallest absolute Gasteiger partial charge is 0.223 e. The molecule has 2 rings (SSSR count). The molecule has 0 aromatic heterocycles. The molecule has 4 heteroatoms. The predicted molar refractivity (Wildman–Crippen MR) is 93.5 cm³/mol. The third-order valence-corrected chi connectivity index (χ3v) is 4.49. The lowest BCUT2D eigenvalue weighted by Gasteiger charge is -2.30. The van der Waals surface area contributed by atoms with E-state index in [1.807, 2.05) is 18.2 Å². The van der Waals surface area contributed by atoms with E-state index in [4.69, 9.17) is 0 Å². The van der Waals surface area contributed by atoms with E-state index in [0.29, 0.717) is 13.1 Å². The van der Waals surface area contributed by atoms with Gasteiger partial charge in [-0.15, -0.1) is 0 Å². The molecule has 0 heterocycles. The highest BCUT2D eigenvalue weighted by Gasteiger charge is 2.26. The number of nitrogens with one attached hydrogen (secondary N) is 1. The van der Waals surface area contributed by atoms with Crippen molar-refractivity contribution in [3.63, 3.8) is 0 Å². The fraction of sp³-hybridized carbons (Fsp3) is 0.579. The number of carbonyl (C=O) groups excluding carboxylic acids is 2. The van der Waals surface area contributed by atoms with E-state index in [0.717, 1.165) is 30.5 Å². The standard InChI is InChI=1S/C19H28N2O2/c1-14(22)21(13-12-20-18(23)15-8-7-9-15)17-11-6-5-10-16(17)19(2,3)4/h5-6,10-11,15H,7-9,12-13H2,1-4H3,(H,20,23). The highest BCUT2D eigenvalue weighted by molar-refractivity contribution is 5.92. The first-order valence-electron chi connectivity index (χ1n) is 8.46. The maximum Gasteiger partial charge on any atom is 0.223 e. The molecule has 23 heavy (non-hydrogen) atoms. The summed E-state index contributed by atoms with van der Waals surface area (Å²) in [4.78, 5) is 25.8. The molecule has 1 aromatic carbocycles. The number of hydrogen-bond acceptors (Lipinski definition) is 2. The molecule has 4 nitrogen and oxygen atoms in total. The van der Waals surface area contributed by atoms with Crippen molar-refractivity contribution >= 4 is 17.5 Å². The van der Waals surface area contributed by atoms with Crippen LogP contribution in [0.5, 0.6) is 0 Å². The van der Waals surface area contributed by atoms with Gasteiger partial charge in [-0.25, -0.2) is 0 Å². The molecule has 0 radical (unpaired) electrons. The Morgan fingerprint density at radius 2 is 1.87 bits per heavy atom. The number of anilines is 1. The van der Waals surface area contributed by atoms with Crippen LogP contribution in [0.15, 0.2) is 24.3 Å². The molecular weight excluding hydrogens is 288 g/mol. The van der Waals surface area contributed by atoms with Gasteiger partial charge in [-0.05, 0) is 29.9 Å². The maximum absolute atomic E-state index is 12.1. The van der Waals surface area contributed by atoms with E-state index >= 15 is 0 Å². The summed E-state index contributed by atoms with van der Waals surface area (Å²) >= 11 is 0. The van der Waals surface area contributed by atoms with Crippen molar-refractivity contribution in [3.8, 4) is 0 Å². The molecule has 1 N–H and O–H groups in total. The zero-order valence-electron chi connectivity index (χ0n) is 14.7. The Morgan fingerprint density at radius 1 is 1.22 bits per heavy atom. The zero-order chi connectivity index (χ0) is 17.0. The largest absolute Gasteiger partial charge is 0.354 e. The Morgan fingerprint density at radius 3 is 2.39 bits per heavy atom. The molecule has 1 saturated carbocycles. The van der Waals surface area contributed by atoms with Gasteiger partial charge in [-0.2, -0.15) is 0 Å². The van der Waals surface area contributed by atoms with Gasteiger partial charge in [0.1, 0.15) is 0 Å². The normalized spacial score (nSPS) is 15.0. The fourth-order valence-corrected chi connectivity index (χ4v) is 2.90. The van der Waals surface area contributed by atoms with Gasteiger partial charge in [0.2, 0.25) is 11.8 Å². The van der Waals surface area contributed by atoms with Crippen LogP contribution in [-0.2, 0) is 15.0 Å². The molecular formula is C19H28N2O2. The van der Waals surface area contributed by atoms with Gasteiger partial charge in [0.15, 0.2) is 0 Å². The summed E-state index contributed by atoms with van der Waals surface area (Å²) in [5.74, 6) is 0.311. The van der Waals surface area contributed by atoms with Gasteiger partial charge >= 0.3 is 0 Å². The summed E-state index contributed by atoms with van der Waals surface area (Å²) < 4.78 is 0. The Kier molecular flexibility index (Phi) is 5.45. The van der Waals surface area contributed by atoms with E-state index < -0.39 is 0 Å². The SMILES string of the molecule is CC(=O)N(CCNC(=O)C1CCC1)c1ccccc1C(C)(C)C. The number of amides is 2. The van der Waals surface area contributed by atoms with Crippen molar-refractivity contribution < 1.29 is 9.59 Å². The maximum atomic E-state index is 12.1. The summed E-state index contributed by atoms with van der Waals surface area (Å²) in [6.07, 6.45) is 3.14. The van der Waals surface area contributed by atoms with Crippen LogP contribution < -0.4 is 10.2 Å². The van der Waals surface area contributed by atoms with E-state index in [9.17, 15) is 9.59 Å². The predicted octanol–water partition coefficient (Wildman–Crippen LogP) is 3.25. The molecule has 0 spiro atoms. The average molecular weight is 316 g/mol. The molecule has 126 valence electrons. The number of benzene rings is 1. The second-order valence-electron chi connectivity index (χ2n) is 7.36. The van der Waals surface area contributed by atoms with Gasteiger partial charge in [0.25, 0.3) is 0 Å². The third kappa shape index (κ3) is 4.34. The summed E-state index contributed by atoms with van der Waals surface area (Å²) in [7, 11) is 0. The Balaban J connectivity index is 2.07. The highest BCUT2D eigenvalue weighted by atomic mass is 16.2. The second kappa shape index (κ2) is 7.16. The number of hydrogen-bond donors (Lipinski definition) is 1. The van der Waals surface area contributed by atoms with Gasteiger partial charge in [0, 0.05) is 31.6 Å². The molecule has 0 atom stereocenters. The number of rotatable bonds is 5. The van der Waals surface area contributed by atoms with Crippen molar-refractivity contribution in [2.75, 3.05) is 18.0 Å². The Hall–Kier alpha value is -1.84. The number of nitrogens with zero attached hydrogens (tertiary/aromatic N) is 1. The summed E-state index contributed by atoms with van der Waals surface area (Å²) in [5, 5.41) is 2.97. The van der Waals surface area contributed by atoms with E-state index in [1.54, 1.807) is 11.8 Å². The lowest BCUT2D eigenvalue weighted by molar-refractivity contribution is -0.127. The average Bonchev–Trinajstić information content (AvgIpc) is 2.40. The quantitative estimate of drug-likeness (QED) is 0.906. The molecule has 2 amide bonds. The highest BCUT2D eigenvalue weighted by Crippen LogP contribution is 2.32. The van der Waals surface area contributed by atoms with Crippen molar-refractivity contribution in [1.82, 2.24) is 5.32 Å². The van der Waals surface area contributed by atoms with Crippen LogP contribution in [0.4, 0.5) is 5.69 Å². The summed E-state index contributed by atoms with van der Waals surface area (Å²) in [6, 6.07) is 8.00. The van der Waals surface area contributed by atoms with Gasteiger partial charge < -0.3 is 10.2 Å². The van der Waals surface area contributed by atoms with Crippen LogP contribution in [0.25, 0.3) is 0 Å². The minimum atomic E-state index is -0.0422. The van der Waals surface area contributed by atoms with Crippen LogP contribution in [0, 0.1) is 5.92 Å². The second-order valence-corrected chi connectivity index (χ2v) is 7.36. The zero-order valence-corrected chi connectivity index (χ0v) is 14.7. The topological polar surface area (TPSA) is 49.4 Å². The minimum Gasteiger partial charge on any atom is -0.354 e. The first kappa shape index (κ1) is 17.5. The lowest BCUT2D eigenvalue weighted by atomic mass is 9.85. The lowest BCUT2D eigenvalue weighted by Crippen LogP contribution is -2.41. The first-order valence-corrected chi connectivity index (χ1v) is 8.46. The van der Waals surface area contributed by atoms with Crippen molar-refractivity contribution in [1.29, 1.82) is 0 Å². The van der Waals surface area contributed by atoms with Crippen molar-refractivity contribution in [2.24, 2.45) is 5.92 Å². The van der Waals surface area contributed by atoms with Crippen LogP contribution >= 0.6 is 0 Å². The molecule has 1 fully saturated rings. The van der Waals surface area contributed by atoms with Gasteiger partial charge in [-0.1, -0.05) is 45.4 Å². The Labute approximate surface area is 139 Å². The molecule has 1 aliphatic rings.